The van der Waals surface area contributed by atoms with Crippen molar-refractivity contribution < 1.29 is 4.42 Å². The summed E-state index contributed by atoms with van der Waals surface area (Å²) in [6.45, 7) is 5.76. The molecule has 4 aromatic heterocycles. The molecule has 34 heavy (non-hydrogen) atoms. The minimum absolute atomic E-state index is 0.0701. The number of tetrazole rings is 1. The van der Waals surface area contributed by atoms with E-state index < -0.39 is 0 Å². The van der Waals surface area contributed by atoms with Crippen LogP contribution in [-0.2, 0) is 19.6 Å². The minimum Gasteiger partial charge on any atom is -0.467 e. The number of nitrogens with one attached hydrogen (secondary N) is 1. The zero-order valence-electron chi connectivity index (χ0n) is 19.1. The molecule has 0 saturated heterocycles. The molecule has 9 heteroatoms. The number of benzene rings is 1. The lowest BCUT2D eigenvalue weighted by molar-refractivity contribution is 0.162. The van der Waals surface area contributed by atoms with Crippen molar-refractivity contribution in [3.8, 4) is 0 Å². The van der Waals surface area contributed by atoms with Crippen molar-refractivity contribution in [3.63, 3.8) is 0 Å². The van der Waals surface area contributed by atoms with E-state index >= 15 is 0 Å². The van der Waals surface area contributed by atoms with Crippen molar-refractivity contribution in [1.82, 2.24) is 30.1 Å². The van der Waals surface area contributed by atoms with E-state index in [-0.39, 0.29) is 11.6 Å². The molecular formula is C25H26N6O2S. The number of H-pyrrole nitrogens is 1. The smallest absolute Gasteiger partial charge is 0.252 e. The normalized spacial score (nSPS) is 12.6. The van der Waals surface area contributed by atoms with Gasteiger partial charge in [-0.3, -0.25) is 9.69 Å². The molecule has 0 unspecified atom stereocenters. The predicted molar refractivity (Wildman–Crippen MR) is 132 cm³/mol. The van der Waals surface area contributed by atoms with Crippen molar-refractivity contribution in [2.45, 2.75) is 45.9 Å². The molecule has 0 bridgehead atoms. The quantitative estimate of drug-likeness (QED) is 0.333. The summed E-state index contributed by atoms with van der Waals surface area (Å²) in [5.41, 5.74) is 2.62. The first kappa shape index (κ1) is 22.2. The van der Waals surface area contributed by atoms with Crippen molar-refractivity contribution in [2.24, 2.45) is 0 Å². The van der Waals surface area contributed by atoms with Gasteiger partial charge < -0.3 is 9.40 Å². The van der Waals surface area contributed by atoms with Gasteiger partial charge in [-0.25, -0.2) is 4.68 Å². The number of nitrogens with zero attached hydrogens (tertiary/aromatic N) is 5. The third kappa shape index (κ3) is 4.71. The first-order valence-electron chi connectivity index (χ1n) is 11.3. The van der Waals surface area contributed by atoms with Gasteiger partial charge in [-0.2, -0.15) is 0 Å². The van der Waals surface area contributed by atoms with Gasteiger partial charge in [0, 0.05) is 29.0 Å². The average molecular weight is 475 g/mol. The summed E-state index contributed by atoms with van der Waals surface area (Å²) in [6, 6.07) is 15.9. The summed E-state index contributed by atoms with van der Waals surface area (Å²) in [4.78, 5) is 19.6. The fourth-order valence-electron chi connectivity index (χ4n) is 4.29. The first-order chi connectivity index (χ1) is 16.6. The zero-order chi connectivity index (χ0) is 23.5. The van der Waals surface area contributed by atoms with Gasteiger partial charge in [0.05, 0.1) is 12.3 Å². The molecule has 174 valence electrons. The molecule has 0 spiro atoms. The first-order valence-corrected chi connectivity index (χ1v) is 12.2. The molecule has 1 N–H and O–H groups in total. The molecule has 0 aliphatic heterocycles. The fraction of sp³-hybridized carbons (Fsp3) is 0.280. The van der Waals surface area contributed by atoms with Gasteiger partial charge in [-0.1, -0.05) is 25.1 Å². The van der Waals surface area contributed by atoms with Crippen molar-refractivity contribution in [1.29, 1.82) is 0 Å². The second-order valence-electron chi connectivity index (χ2n) is 8.40. The summed E-state index contributed by atoms with van der Waals surface area (Å²) in [7, 11) is 0. The Morgan fingerprint density at radius 2 is 2.09 bits per heavy atom. The van der Waals surface area contributed by atoms with Crippen LogP contribution in [-0.4, -0.2) is 30.1 Å². The van der Waals surface area contributed by atoms with Crippen LogP contribution in [0.4, 0.5) is 0 Å². The molecule has 5 rings (SSSR count). The van der Waals surface area contributed by atoms with Gasteiger partial charge in [0.2, 0.25) is 0 Å². The number of aromatic amines is 1. The number of aryl methyl sites for hydroxylation is 1. The molecule has 0 radical (unpaired) electrons. The van der Waals surface area contributed by atoms with Crippen LogP contribution >= 0.6 is 11.3 Å². The summed E-state index contributed by atoms with van der Waals surface area (Å²) >= 11 is 1.70. The molecule has 0 aliphatic rings. The van der Waals surface area contributed by atoms with Gasteiger partial charge in [0.25, 0.3) is 5.56 Å². The fourth-order valence-corrected chi connectivity index (χ4v) is 5.02. The lowest BCUT2D eigenvalue weighted by atomic mass is 10.1. The Balaban J connectivity index is 1.50. The standard InChI is InChI=1S/C25H26N6O2S/c1-3-23(24-27-28-29-31(24)15-20-6-4-10-33-20)30(16-21-7-5-11-34-21)14-19-13-18-9-8-17(2)12-22(18)26-25(19)32/h4-13,23H,3,14-16H2,1-2H3,(H,26,32)/t23-/m1/s1. The Kier molecular flexibility index (Phi) is 6.37. The zero-order valence-corrected chi connectivity index (χ0v) is 20.0. The van der Waals surface area contributed by atoms with E-state index in [2.05, 4.69) is 55.9 Å². The van der Waals surface area contributed by atoms with Gasteiger partial charge in [-0.15, -0.1) is 16.4 Å². The van der Waals surface area contributed by atoms with Crippen LogP contribution in [0.15, 0.2) is 69.4 Å². The number of thiophene rings is 1. The van der Waals surface area contributed by atoms with Gasteiger partial charge in [0.15, 0.2) is 5.82 Å². The lowest BCUT2D eigenvalue weighted by Crippen LogP contribution is -2.32. The highest BCUT2D eigenvalue weighted by Gasteiger charge is 2.26. The SMILES string of the molecule is CC[C@H](c1nnnn1Cc1ccco1)N(Cc1cccs1)Cc1cc2ccc(C)cc2[nH]c1=O. The van der Waals surface area contributed by atoms with E-state index in [9.17, 15) is 4.79 Å². The second kappa shape index (κ2) is 9.74. The van der Waals surface area contributed by atoms with Gasteiger partial charge >= 0.3 is 0 Å². The minimum atomic E-state index is -0.0832. The maximum atomic E-state index is 13.0. The maximum absolute atomic E-state index is 13.0. The van der Waals surface area contributed by atoms with Crippen LogP contribution in [0.3, 0.4) is 0 Å². The van der Waals surface area contributed by atoms with Crippen LogP contribution in [0.2, 0.25) is 0 Å². The van der Waals surface area contributed by atoms with Gasteiger partial charge in [0.1, 0.15) is 12.3 Å². The summed E-state index contributed by atoms with van der Waals surface area (Å²) < 4.78 is 7.29. The molecule has 1 aromatic carbocycles. The molecule has 8 nitrogen and oxygen atoms in total. The number of rotatable bonds is 9. The van der Waals surface area contributed by atoms with Crippen LogP contribution in [0.25, 0.3) is 10.9 Å². The van der Waals surface area contributed by atoms with Crippen molar-refractivity contribution >= 4 is 22.2 Å². The lowest BCUT2D eigenvalue weighted by Gasteiger charge is -2.29. The van der Waals surface area contributed by atoms with E-state index in [0.29, 0.717) is 19.6 Å². The molecule has 0 amide bonds. The van der Waals surface area contributed by atoms with Gasteiger partial charge in [-0.05, 0) is 70.4 Å². The number of aromatic nitrogens is 5. The van der Waals surface area contributed by atoms with Crippen LogP contribution in [0, 0.1) is 6.92 Å². The molecule has 0 saturated carbocycles. The van der Waals surface area contributed by atoms with Crippen molar-refractivity contribution in [3.05, 3.63) is 98.1 Å². The number of pyridine rings is 1. The van der Waals surface area contributed by atoms with E-state index in [1.807, 2.05) is 37.3 Å². The molecule has 0 fully saturated rings. The Hall–Kier alpha value is -3.56. The summed E-state index contributed by atoms with van der Waals surface area (Å²) in [5, 5.41) is 15.6. The van der Waals surface area contributed by atoms with E-state index in [1.165, 1.54) is 4.88 Å². The topological polar surface area (TPSA) is 92.8 Å². The van der Waals surface area contributed by atoms with E-state index in [0.717, 1.165) is 40.0 Å². The molecule has 0 aliphatic carbocycles. The van der Waals surface area contributed by atoms with E-state index in [4.69, 9.17) is 4.42 Å². The van der Waals surface area contributed by atoms with Crippen LogP contribution < -0.4 is 5.56 Å². The van der Waals surface area contributed by atoms with Crippen LogP contribution in [0.1, 0.15) is 47.0 Å². The average Bonchev–Trinajstić information content (AvgIpc) is 3.60. The summed E-state index contributed by atoms with van der Waals surface area (Å²) in [6.07, 6.45) is 2.43. The second-order valence-corrected chi connectivity index (χ2v) is 9.43. The monoisotopic (exact) mass is 474 g/mol. The maximum Gasteiger partial charge on any atom is 0.252 e. The predicted octanol–water partition coefficient (Wildman–Crippen LogP) is 4.68. The number of fused-ring (bicyclic) bond motifs is 1. The highest BCUT2D eigenvalue weighted by molar-refractivity contribution is 7.09. The van der Waals surface area contributed by atoms with Crippen LogP contribution in [0.5, 0.6) is 0 Å². The van der Waals surface area contributed by atoms with Crippen molar-refractivity contribution in [2.75, 3.05) is 0 Å². The summed E-state index contributed by atoms with van der Waals surface area (Å²) in [5.74, 6) is 1.54. The third-order valence-corrected chi connectivity index (χ3v) is 6.82. The van der Waals surface area contributed by atoms with E-state index in [1.54, 1.807) is 22.3 Å². The highest BCUT2D eigenvalue weighted by Crippen LogP contribution is 2.28. The number of hydrogen-bond donors (Lipinski definition) is 1. The number of hydrogen-bond acceptors (Lipinski definition) is 7. The molecule has 4 heterocycles. The Morgan fingerprint density at radius 3 is 2.85 bits per heavy atom. The molecular weight excluding hydrogens is 448 g/mol. The third-order valence-electron chi connectivity index (χ3n) is 5.96. The molecule has 5 aromatic rings. The largest absolute Gasteiger partial charge is 0.467 e. The Bertz CT molecular complexity index is 1420. The number of furan rings is 1. The molecule has 1 atom stereocenters. The highest BCUT2D eigenvalue weighted by atomic mass is 32.1. The Morgan fingerprint density at radius 1 is 1.18 bits per heavy atom. The Labute approximate surface area is 200 Å².